The fraction of sp³-hybridized carbons (Fsp3) is 0.514. The van der Waals surface area contributed by atoms with E-state index in [0.29, 0.717) is 0 Å². The second-order valence-corrected chi connectivity index (χ2v) is 14.8. The number of esters is 1. The molecule has 1 aliphatic heterocycles. The minimum Gasteiger partial charge on any atom is -0.507 e. The molecule has 3 aliphatic rings. The molecular weight excluding hydrogens is 712 g/mol. The molecule has 292 valence electrons. The SMILES string of the molecule is CC(=O)NC(CC(=O)OC(C)(C)C)C(=O)N[C@@H]1C[C@H](O[C@H]2C[C@](O)(C(=O)CO)Cc3c(O)c4c(c(O)c32)C(=O)c2c(CO)cccc2C4=O)OC(C)[C@H]1O. The number of benzene rings is 2. The molecule has 1 fully saturated rings. The number of aliphatic hydroxyl groups is 4. The molecule has 17 nitrogen and oxygen atoms in total. The van der Waals surface area contributed by atoms with Gasteiger partial charge in [-0.3, -0.25) is 28.8 Å². The summed E-state index contributed by atoms with van der Waals surface area (Å²) < 4.78 is 17.3. The summed E-state index contributed by atoms with van der Waals surface area (Å²) in [6, 6.07) is 1.62. The maximum Gasteiger partial charge on any atom is 0.308 e. The van der Waals surface area contributed by atoms with Crippen LogP contribution in [0.5, 0.6) is 11.5 Å². The van der Waals surface area contributed by atoms with Crippen LogP contribution in [-0.4, -0.2) is 114 Å². The number of fused-ring (bicyclic) bond motifs is 3. The number of phenolic OH excluding ortho intramolecular Hbond substituents is 2. The van der Waals surface area contributed by atoms with Crippen molar-refractivity contribution >= 4 is 35.1 Å². The number of amides is 2. The number of carbonyl (C=O) groups is 6. The Labute approximate surface area is 309 Å². The van der Waals surface area contributed by atoms with Crippen molar-refractivity contribution in [2.24, 2.45) is 0 Å². The highest BCUT2D eigenvalue weighted by molar-refractivity contribution is 6.31. The summed E-state index contributed by atoms with van der Waals surface area (Å²) in [7, 11) is 0. The molecule has 2 aliphatic carbocycles. The second kappa shape index (κ2) is 15.2. The van der Waals surface area contributed by atoms with E-state index in [1.165, 1.54) is 25.1 Å². The number of rotatable bonds is 10. The quantitative estimate of drug-likeness (QED) is 0.0989. The van der Waals surface area contributed by atoms with Crippen LogP contribution in [-0.2, 0) is 46.4 Å². The lowest BCUT2D eigenvalue weighted by Gasteiger charge is -2.43. The number of aliphatic hydroxyl groups excluding tert-OH is 3. The summed E-state index contributed by atoms with van der Waals surface area (Å²) in [5, 5.41) is 70.4. The molecule has 2 aromatic rings. The van der Waals surface area contributed by atoms with Crippen LogP contribution in [0.15, 0.2) is 18.2 Å². The molecule has 54 heavy (non-hydrogen) atoms. The van der Waals surface area contributed by atoms with Gasteiger partial charge in [-0.05, 0) is 33.3 Å². The molecule has 0 aromatic heterocycles. The monoisotopic (exact) mass is 756 g/mol. The lowest BCUT2D eigenvalue weighted by Crippen LogP contribution is -2.59. The summed E-state index contributed by atoms with van der Waals surface area (Å²) in [4.78, 5) is 78.4. The van der Waals surface area contributed by atoms with Crippen molar-refractivity contribution in [3.05, 3.63) is 57.1 Å². The predicted molar refractivity (Wildman–Crippen MR) is 183 cm³/mol. The zero-order valence-electron chi connectivity index (χ0n) is 30.3. The van der Waals surface area contributed by atoms with Crippen molar-refractivity contribution in [3.8, 4) is 11.5 Å². The summed E-state index contributed by atoms with van der Waals surface area (Å²) in [6.45, 7) is 5.74. The summed E-state index contributed by atoms with van der Waals surface area (Å²) in [5.74, 6) is -6.70. The molecule has 2 aromatic carbocycles. The number of Topliss-reactive ketones (excluding diaryl/α,β-unsaturated/α-hetero) is 1. The Balaban J connectivity index is 1.50. The first-order valence-corrected chi connectivity index (χ1v) is 17.3. The van der Waals surface area contributed by atoms with Gasteiger partial charge in [-0.2, -0.15) is 0 Å². The fourth-order valence-electron chi connectivity index (χ4n) is 7.21. The zero-order chi connectivity index (χ0) is 40.0. The van der Waals surface area contributed by atoms with Crippen LogP contribution >= 0.6 is 0 Å². The molecule has 7 atom stereocenters. The Bertz CT molecular complexity index is 1900. The van der Waals surface area contributed by atoms with Gasteiger partial charge in [0.25, 0.3) is 0 Å². The van der Waals surface area contributed by atoms with Crippen LogP contribution in [0.25, 0.3) is 0 Å². The van der Waals surface area contributed by atoms with Gasteiger partial charge in [-0.1, -0.05) is 18.2 Å². The topological polar surface area (TPSA) is 276 Å². The van der Waals surface area contributed by atoms with E-state index in [-0.39, 0.29) is 34.2 Å². The standard InChI is InChI=1S/C37H44N2O15/c1-15-30(45)20(39-35(50)21(38-16(2)42)9-24(44)54-36(3,4)5)10-25(52-15)53-22-12-37(51,23(43)14-41)11-19-27(22)34(49)29-28(32(19)47)31(46)18-8-6-7-17(13-40)26(18)33(29)48/h6-8,15,20-22,25,30,40-41,45,47,49,51H,9-14H2,1-5H3,(H,38,42)(H,39,50)/t15?,20-,21?,22+,25+,30-,37+/m1/s1. The minimum atomic E-state index is -2.41. The molecule has 2 unspecified atom stereocenters. The van der Waals surface area contributed by atoms with E-state index in [1.807, 2.05) is 0 Å². The highest BCUT2D eigenvalue weighted by Gasteiger charge is 2.50. The third kappa shape index (κ3) is 7.73. The smallest absolute Gasteiger partial charge is 0.308 e. The van der Waals surface area contributed by atoms with E-state index in [9.17, 15) is 59.4 Å². The van der Waals surface area contributed by atoms with Crippen molar-refractivity contribution in [1.82, 2.24) is 10.6 Å². The normalized spacial score (nSPS) is 25.5. The van der Waals surface area contributed by atoms with E-state index in [0.717, 1.165) is 6.92 Å². The van der Waals surface area contributed by atoms with Gasteiger partial charge in [0.15, 0.2) is 23.6 Å². The first-order chi connectivity index (χ1) is 25.2. The number of phenols is 2. The van der Waals surface area contributed by atoms with Crippen molar-refractivity contribution in [2.45, 2.75) is 115 Å². The largest absolute Gasteiger partial charge is 0.507 e. The first-order valence-electron chi connectivity index (χ1n) is 17.3. The summed E-state index contributed by atoms with van der Waals surface area (Å²) >= 11 is 0. The van der Waals surface area contributed by atoms with Gasteiger partial charge in [0.05, 0.1) is 42.4 Å². The molecule has 5 rings (SSSR count). The van der Waals surface area contributed by atoms with Crippen molar-refractivity contribution in [2.75, 3.05) is 6.61 Å². The van der Waals surface area contributed by atoms with Crippen LogP contribution in [0, 0.1) is 0 Å². The Morgan fingerprint density at radius 2 is 1.70 bits per heavy atom. The number of ether oxygens (including phenoxy) is 3. The van der Waals surface area contributed by atoms with Gasteiger partial charge in [-0.25, -0.2) is 0 Å². The van der Waals surface area contributed by atoms with Gasteiger partial charge in [0.1, 0.15) is 41.5 Å². The van der Waals surface area contributed by atoms with Gasteiger partial charge in [0.2, 0.25) is 11.8 Å². The van der Waals surface area contributed by atoms with Crippen LogP contribution in [0.1, 0.15) is 109 Å². The van der Waals surface area contributed by atoms with Gasteiger partial charge < -0.3 is 55.5 Å². The van der Waals surface area contributed by atoms with Gasteiger partial charge in [0, 0.05) is 48.4 Å². The highest BCUT2D eigenvalue weighted by atomic mass is 16.7. The Morgan fingerprint density at radius 1 is 1.04 bits per heavy atom. The molecule has 0 bridgehead atoms. The molecule has 2 amide bonds. The third-order valence-corrected chi connectivity index (χ3v) is 9.65. The summed E-state index contributed by atoms with van der Waals surface area (Å²) in [5.41, 5.74) is -5.30. The number of hydrogen-bond donors (Lipinski definition) is 8. The average molecular weight is 757 g/mol. The van der Waals surface area contributed by atoms with Crippen LogP contribution in [0.3, 0.4) is 0 Å². The molecule has 1 heterocycles. The lowest BCUT2D eigenvalue weighted by atomic mass is 9.71. The van der Waals surface area contributed by atoms with Gasteiger partial charge >= 0.3 is 5.97 Å². The maximum atomic E-state index is 13.9. The Morgan fingerprint density at radius 3 is 2.31 bits per heavy atom. The third-order valence-electron chi connectivity index (χ3n) is 9.65. The number of carbonyl (C=O) groups excluding carboxylic acids is 6. The predicted octanol–water partition coefficient (Wildman–Crippen LogP) is -0.121. The van der Waals surface area contributed by atoms with Crippen LogP contribution in [0.2, 0.25) is 0 Å². The lowest BCUT2D eigenvalue weighted by molar-refractivity contribution is -0.249. The Hall–Kier alpha value is -4.78. The van der Waals surface area contributed by atoms with E-state index >= 15 is 0 Å². The molecule has 0 radical (unpaired) electrons. The van der Waals surface area contributed by atoms with Crippen LogP contribution in [0.4, 0.5) is 0 Å². The molecular formula is C37H44N2O15. The van der Waals surface area contributed by atoms with E-state index in [2.05, 4.69) is 10.6 Å². The Kier molecular flexibility index (Phi) is 11.3. The number of aromatic hydroxyl groups is 2. The van der Waals surface area contributed by atoms with Crippen LogP contribution < -0.4 is 10.6 Å². The van der Waals surface area contributed by atoms with Crippen molar-refractivity contribution < 1.29 is 73.6 Å². The second-order valence-electron chi connectivity index (χ2n) is 14.8. The van der Waals surface area contributed by atoms with E-state index in [1.54, 1.807) is 20.8 Å². The number of hydrogen-bond acceptors (Lipinski definition) is 15. The maximum absolute atomic E-state index is 13.9. The van der Waals surface area contributed by atoms with Crippen molar-refractivity contribution in [1.29, 1.82) is 0 Å². The molecule has 1 saturated heterocycles. The zero-order valence-corrected chi connectivity index (χ0v) is 30.3. The van der Waals surface area contributed by atoms with E-state index < -0.39 is 138 Å². The fourth-order valence-corrected chi connectivity index (χ4v) is 7.21. The number of ketones is 3. The molecule has 17 heteroatoms. The van der Waals surface area contributed by atoms with Gasteiger partial charge in [-0.15, -0.1) is 0 Å². The first kappa shape index (κ1) is 40.4. The average Bonchev–Trinajstić information content (AvgIpc) is 3.08. The minimum absolute atomic E-state index is 0.0897. The number of nitrogens with one attached hydrogen (secondary N) is 2. The van der Waals surface area contributed by atoms with Crippen molar-refractivity contribution in [3.63, 3.8) is 0 Å². The summed E-state index contributed by atoms with van der Waals surface area (Å²) in [6.07, 6.45) is -7.51. The van der Waals surface area contributed by atoms with E-state index in [4.69, 9.17) is 14.2 Å². The molecule has 0 spiro atoms. The highest BCUT2D eigenvalue weighted by Crippen LogP contribution is 2.52. The molecule has 0 saturated carbocycles. The molecule has 8 N–H and O–H groups in total.